The van der Waals surface area contributed by atoms with Crippen LogP contribution >= 0.6 is 0 Å². The maximum atomic E-state index is 5.67. The van der Waals surface area contributed by atoms with Crippen LogP contribution in [0.15, 0.2) is 24.3 Å². The number of hydrogen-bond donors (Lipinski definition) is 1. The lowest BCUT2D eigenvalue weighted by molar-refractivity contribution is 0.332. The van der Waals surface area contributed by atoms with Crippen molar-refractivity contribution in [1.82, 2.24) is 5.32 Å². The van der Waals surface area contributed by atoms with Crippen molar-refractivity contribution in [3.63, 3.8) is 0 Å². The first-order valence-corrected chi connectivity index (χ1v) is 7.26. The Morgan fingerprint density at radius 1 is 1.33 bits per heavy atom. The Hall–Kier alpha value is -1.02. The average Bonchev–Trinajstić information content (AvgIpc) is 3.19. The first kappa shape index (κ1) is 13.4. The normalized spacial score (nSPS) is 16.6. The van der Waals surface area contributed by atoms with Crippen molar-refractivity contribution < 1.29 is 4.74 Å². The molecule has 2 nitrogen and oxygen atoms in total. The molecule has 1 unspecified atom stereocenters. The van der Waals surface area contributed by atoms with Crippen LogP contribution in [0.1, 0.15) is 51.1 Å². The van der Waals surface area contributed by atoms with Gasteiger partial charge in [0.1, 0.15) is 5.75 Å². The van der Waals surface area contributed by atoms with Crippen LogP contribution in [-0.4, -0.2) is 13.2 Å². The molecule has 0 radical (unpaired) electrons. The lowest BCUT2D eigenvalue weighted by atomic mass is 10.1. The molecule has 1 fully saturated rings. The Labute approximate surface area is 111 Å². The number of para-hydroxylation sites is 1. The largest absolute Gasteiger partial charge is 0.494 e. The number of benzene rings is 1. The van der Waals surface area contributed by atoms with Gasteiger partial charge in [-0.05, 0) is 45.2 Å². The highest BCUT2D eigenvalue weighted by atomic mass is 16.5. The van der Waals surface area contributed by atoms with Crippen LogP contribution in [0.25, 0.3) is 0 Å². The maximum absolute atomic E-state index is 5.67. The highest BCUT2D eigenvalue weighted by Crippen LogP contribution is 2.33. The summed E-state index contributed by atoms with van der Waals surface area (Å²) >= 11 is 0. The number of ether oxygens (including phenoxy) is 1. The van der Waals surface area contributed by atoms with Gasteiger partial charge in [-0.25, -0.2) is 0 Å². The van der Waals surface area contributed by atoms with Gasteiger partial charge in [0.2, 0.25) is 0 Å². The molecule has 2 rings (SSSR count). The molecule has 2 heteroatoms. The molecule has 1 aliphatic rings. The van der Waals surface area contributed by atoms with Crippen molar-refractivity contribution in [3.05, 3.63) is 29.8 Å². The minimum atomic E-state index is 0.368. The zero-order valence-corrected chi connectivity index (χ0v) is 11.6. The molecule has 1 aliphatic carbocycles. The average molecular weight is 247 g/mol. The van der Waals surface area contributed by atoms with E-state index in [0.29, 0.717) is 6.04 Å². The van der Waals surface area contributed by atoms with Crippen LogP contribution < -0.4 is 10.1 Å². The van der Waals surface area contributed by atoms with Gasteiger partial charge in [0.15, 0.2) is 0 Å². The van der Waals surface area contributed by atoms with E-state index < -0.39 is 0 Å². The number of rotatable bonds is 8. The number of hydrogen-bond acceptors (Lipinski definition) is 2. The van der Waals surface area contributed by atoms with E-state index in [-0.39, 0.29) is 0 Å². The second-order valence-electron chi connectivity index (χ2n) is 5.23. The summed E-state index contributed by atoms with van der Waals surface area (Å²) in [6.45, 7) is 6.09. The van der Waals surface area contributed by atoms with E-state index in [1.165, 1.54) is 31.2 Å². The molecule has 0 aliphatic heterocycles. The second kappa shape index (κ2) is 6.79. The molecule has 0 bridgehead atoms. The minimum absolute atomic E-state index is 0.368. The first-order valence-electron chi connectivity index (χ1n) is 7.26. The third-order valence-corrected chi connectivity index (χ3v) is 3.62. The van der Waals surface area contributed by atoms with Crippen LogP contribution in [0.5, 0.6) is 5.75 Å². The molecule has 100 valence electrons. The standard InChI is InChI=1S/C16H25NO/c1-3-18-16-9-5-4-8-15(16)13(2)17-12-6-7-14-10-11-14/h4-5,8-9,13-14,17H,3,6-7,10-12H2,1-2H3. The molecular weight excluding hydrogens is 222 g/mol. The van der Waals surface area contributed by atoms with Gasteiger partial charge in [-0.2, -0.15) is 0 Å². The van der Waals surface area contributed by atoms with Crippen molar-refractivity contribution in [1.29, 1.82) is 0 Å². The van der Waals surface area contributed by atoms with Crippen molar-refractivity contribution >= 4 is 0 Å². The topological polar surface area (TPSA) is 21.3 Å². The molecule has 1 saturated carbocycles. The predicted octanol–water partition coefficient (Wildman–Crippen LogP) is 3.93. The fourth-order valence-electron chi connectivity index (χ4n) is 2.35. The predicted molar refractivity (Wildman–Crippen MR) is 76.0 cm³/mol. The molecule has 1 N–H and O–H groups in total. The molecular formula is C16H25NO. The van der Waals surface area contributed by atoms with Crippen LogP contribution in [0.3, 0.4) is 0 Å². The fraction of sp³-hybridized carbons (Fsp3) is 0.625. The molecule has 0 aromatic heterocycles. The van der Waals surface area contributed by atoms with Gasteiger partial charge in [0, 0.05) is 11.6 Å². The van der Waals surface area contributed by atoms with Gasteiger partial charge in [-0.1, -0.05) is 31.0 Å². The van der Waals surface area contributed by atoms with E-state index in [4.69, 9.17) is 4.74 Å². The summed E-state index contributed by atoms with van der Waals surface area (Å²) < 4.78 is 5.67. The zero-order valence-electron chi connectivity index (χ0n) is 11.6. The molecule has 18 heavy (non-hydrogen) atoms. The zero-order chi connectivity index (χ0) is 12.8. The fourth-order valence-corrected chi connectivity index (χ4v) is 2.35. The van der Waals surface area contributed by atoms with Crippen molar-refractivity contribution in [2.75, 3.05) is 13.2 Å². The molecule has 0 amide bonds. The summed E-state index contributed by atoms with van der Waals surface area (Å²) in [6, 6.07) is 8.70. The van der Waals surface area contributed by atoms with Crippen LogP contribution in [0, 0.1) is 5.92 Å². The van der Waals surface area contributed by atoms with Crippen LogP contribution in [-0.2, 0) is 0 Å². The third-order valence-electron chi connectivity index (χ3n) is 3.62. The minimum Gasteiger partial charge on any atom is -0.494 e. The SMILES string of the molecule is CCOc1ccccc1C(C)NCCCC1CC1. The van der Waals surface area contributed by atoms with E-state index in [1.54, 1.807) is 0 Å². The van der Waals surface area contributed by atoms with E-state index in [0.717, 1.165) is 24.8 Å². The maximum Gasteiger partial charge on any atom is 0.124 e. The highest BCUT2D eigenvalue weighted by molar-refractivity contribution is 5.35. The van der Waals surface area contributed by atoms with E-state index >= 15 is 0 Å². The van der Waals surface area contributed by atoms with Gasteiger partial charge < -0.3 is 10.1 Å². The smallest absolute Gasteiger partial charge is 0.124 e. The summed E-state index contributed by atoms with van der Waals surface area (Å²) in [5, 5.41) is 3.60. The number of nitrogens with one attached hydrogen (secondary N) is 1. The van der Waals surface area contributed by atoms with Gasteiger partial charge in [0.25, 0.3) is 0 Å². The Morgan fingerprint density at radius 3 is 2.83 bits per heavy atom. The Kier molecular flexibility index (Phi) is 5.06. The summed E-state index contributed by atoms with van der Waals surface area (Å²) in [4.78, 5) is 0. The van der Waals surface area contributed by atoms with Gasteiger partial charge >= 0.3 is 0 Å². The second-order valence-corrected chi connectivity index (χ2v) is 5.23. The van der Waals surface area contributed by atoms with E-state index in [2.05, 4.69) is 30.4 Å². The van der Waals surface area contributed by atoms with Gasteiger partial charge in [0.05, 0.1) is 6.61 Å². The lowest BCUT2D eigenvalue weighted by Crippen LogP contribution is -2.20. The Bertz CT molecular complexity index is 360. The van der Waals surface area contributed by atoms with E-state index in [1.807, 2.05) is 13.0 Å². The molecule has 1 atom stereocenters. The molecule has 1 aromatic carbocycles. The van der Waals surface area contributed by atoms with Crippen LogP contribution in [0.4, 0.5) is 0 Å². The lowest BCUT2D eigenvalue weighted by Gasteiger charge is -2.17. The molecule has 0 saturated heterocycles. The third kappa shape index (κ3) is 4.02. The summed E-state index contributed by atoms with van der Waals surface area (Å²) in [6.07, 6.45) is 5.62. The summed E-state index contributed by atoms with van der Waals surface area (Å²) in [5.74, 6) is 2.06. The quantitative estimate of drug-likeness (QED) is 0.703. The Balaban J connectivity index is 1.80. The summed E-state index contributed by atoms with van der Waals surface area (Å²) in [7, 11) is 0. The Morgan fingerprint density at radius 2 is 2.11 bits per heavy atom. The molecule has 1 aromatic rings. The first-order chi connectivity index (χ1) is 8.81. The van der Waals surface area contributed by atoms with Crippen molar-refractivity contribution in [2.24, 2.45) is 5.92 Å². The molecule has 0 spiro atoms. The van der Waals surface area contributed by atoms with Crippen molar-refractivity contribution in [3.8, 4) is 5.75 Å². The summed E-state index contributed by atoms with van der Waals surface area (Å²) in [5.41, 5.74) is 1.27. The monoisotopic (exact) mass is 247 g/mol. The highest BCUT2D eigenvalue weighted by Gasteiger charge is 2.20. The van der Waals surface area contributed by atoms with Gasteiger partial charge in [-0.15, -0.1) is 0 Å². The van der Waals surface area contributed by atoms with Gasteiger partial charge in [-0.3, -0.25) is 0 Å². The van der Waals surface area contributed by atoms with Crippen molar-refractivity contribution in [2.45, 2.75) is 45.6 Å². The molecule has 0 heterocycles. The van der Waals surface area contributed by atoms with Crippen LogP contribution in [0.2, 0.25) is 0 Å². The van der Waals surface area contributed by atoms with E-state index in [9.17, 15) is 0 Å².